The second kappa shape index (κ2) is 3.12. The molecule has 0 aromatic heterocycles. The molecule has 0 bridgehead atoms. The minimum atomic E-state index is -2.73. The fourth-order valence-corrected chi connectivity index (χ4v) is 2.31. The van der Waals surface area contributed by atoms with Gasteiger partial charge in [-0.2, -0.15) is 0 Å². The van der Waals surface area contributed by atoms with Crippen LogP contribution in [0.4, 0.5) is 13.2 Å². The Kier molecular flexibility index (Phi) is 2.24. The maximum absolute atomic E-state index is 12.7. The van der Waals surface area contributed by atoms with Crippen molar-refractivity contribution in [2.45, 2.75) is 24.3 Å². The van der Waals surface area contributed by atoms with E-state index in [2.05, 4.69) is 0 Å². The van der Waals surface area contributed by atoms with Gasteiger partial charge in [-0.05, 0) is 17.7 Å². The maximum atomic E-state index is 12.7. The molecule has 1 aliphatic carbocycles. The van der Waals surface area contributed by atoms with Gasteiger partial charge in [0.1, 0.15) is 5.82 Å². The highest BCUT2D eigenvalue weighted by Gasteiger charge is 2.55. The third-order valence-electron chi connectivity index (χ3n) is 2.62. The van der Waals surface area contributed by atoms with Gasteiger partial charge in [0.2, 0.25) is 0 Å². The molecule has 15 heavy (non-hydrogen) atoms. The Labute approximate surface area is 90.0 Å². The van der Waals surface area contributed by atoms with Crippen LogP contribution in [0.5, 0.6) is 0 Å². The highest BCUT2D eigenvalue weighted by molar-refractivity contribution is 6.31. The summed E-state index contributed by atoms with van der Waals surface area (Å²) < 4.78 is 38.2. The fourth-order valence-electron chi connectivity index (χ4n) is 1.95. The Hall–Kier alpha value is -0.740. The predicted octanol–water partition coefficient (Wildman–Crippen LogP) is 3.06. The number of benzene rings is 1. The molecule has 1 aliphatic rings. The van der Waals surface area contributed by atoms with E-state index < -0.39 is 30.1 Å². The number of rotatable bonds is 1. The Morgan fingerprint density at radius 3 is 2.33 bits per heavy atom. The minimum Gasteiger partial charge on any atom is -0.321 e. The zero-order valence-electron chi connectivity index (χ0n) is 7.74. The van der Waals surface area contributed by atoms with Crippen molar-refractivity contribution in [2.75, 3.05) is 0 Å². The fraction of sp³-hybridized carbons (Fsp3) is 0.400. The van der Waals surface area contributed by atoms with Crippen LogP contribution in [0.3, 0.4) is 0 Å². The number of hydrogen-bond donors (Lipinski definition) is 1. The average Bonchev–Trinajstić information content (AvgIpc) is 1.98. The third-order valence-corrected chi connectivity index (χ3v) is 2.93. The van der Waals surface area contributed by atoms with Crippen LogP contribution in [0.1, 0.15) is 18.4 Å². The molecule has 1 fully saturated rings. The van der Waals surface area contributed by atoms with Crippen LogP contribution in [0.15, 0.2) is 18.2 Å². The van der Waals surface area contributed by atoms with Gasteiger partial charge in [-0.25, -0.2) is 13.2 Å². The monoisotopic (exact) mass is 235 g/mol. The molecule has 0 atom stereocenters. The molecule has 0 amide bonds. The van der Waals surface area contributed by atoms with E-state index in [9.17, 15) is 13.2 Å². The first-order valence-electron chi connectivity index (χ1n) is 4.45. The standard InChI is InChI=1S/C10H9ClF3N/c11-8-3-6(12)1-2-7(8)9(15)4-10(13,14)5-9/h1-3H,4-5,15H2. The zero-order valence-corrected chi connectivity index (χ0v) is 8.49. The zero-order chi connectivity index (χ0) is 11.3. The van der Waals surface area contributed by atoms with Crippen LogP contribution < -0.4 is 5.73 Å². The summed E-state index contributed by atoms with van der Waals surface area (Å²) in [6.07, 6.45) is -0.878. The van der Waals surface area contributed by atoms with Crippen LogP contribution in [-0.2, 0) is 5.54 Å². The van der Waals surface area contributed by atoms with Crippen LogP contribution >= 0.6 is 11.6 Å². The van der Waals surface area contributed by atoms with Gasteiger partial charge in [-0.1, -0.05) is 17.7 Å². The van der Waals surface area contributed by atoms with Gasteiger partial charge in [-0.15, -0.1) is 0 Å². The number of hydrogen-bond acceptors (Lipinski definition) is 1. The third kappa shape index (κ3) is 1.84. The van der Waals surface area contributed by atoms with E-state index in [4.69, 9.17) is 17.3 Å². The Bertz CT molecular complexity index is 398. The molecule has 1 saturated carbocycles. The normalized spacial score (nSPS) is 22.2. The highest BCUT2D eigenvalue weighted by Crippen LogP contribution is 2.51. The molecule has 1 aromatic carbocycles. The number of alkyl halides is 2. The lowest BCUT2D eigenvalue weighted by atomic mass is 9.70. The number of halogens is 4. The average molecular weight is 236 g/mol. The summed E-state index contributed by atoms with van der Waals surface area (Å²) in [4.78, 5) is 0. The van der Waals surface area contributed by atoms with Gasteiger partial charge in [-0.3, -0.25) is 0 Å². The molecule has 0 heterocycles. The molecule has 1 aromatic rings. The van der Waals surface area contributed by atoms with E-state index in [1.807, 2.05) is 0 Å². The summed E-state index contributed by atoms with van der Waals surface area (Å²) in [5.74, 6) is -3.23. The molecule has 0 radical (unpaired) electrons. The summed E-state index contributed by atoms with van der Waals surface area (Å²) in [5.41, 5.74) is 5.03. The van der Waals surface area contributed by atoms with E-state index in [0.29, 0.717) is 5.56 Å². The molecule has 0 saturated heterocycles. The lowest BCUT2D eigenvalue weighted by Crippen LogP contribution is -2.55. The van der Waals surface area contributed by atoms with E-state index in [1.54, 1.807) is 0 Å². The molecule has 82 valence electrons. The van der Waals surface area contributed by atoms with Crippen molar-refractivity contribution in [3.63, 3.8) is 0 Å². The van der Waals surface area contributed by atoms with Gasteiger partial charge < -0.3 is 5.73 Å². The van der Waals surface area contributed by atoms with Crippen molar-refractivity contribution in [1.82, 2.24) is 0 Å². The first-order valence-corrected chi connectivity index (χ1v) is 4.82. The minimum absolute atomic E-state index is 0.105. The van der Waals surface area contributed by atoms with Gasteiger partial charge >= 0.3 is 0 Å². The van der Waals surface area contributed by atoms with Crippen molar-refractivity contribution in [3.05, 3.63) is 34.6 Å². The number of nitrogens with two attached hydrogens (primary N) is 1. The van der Waals surface area contributed by atoms with Crippen LogP contribution in [0.25, 0.3) is 0 Å². The van der Waals surface area contributed by atoms with Crippen molar-refractivity contribution >= 4 is 11.6 Å². The van der Waals surface area contributed by atoms with E-state index in [-0.39, 0.29) is 5.02 Å². The summed E-state index contributed by atoms with van der Waals surface area (Å²) >= 11 is 5.75. The largest absolute Gasteiger partial charge is 0.321 e. The second-order valence-corrected chi connectivity index (χ2v) is 4.40. The first-order chi connectivity index (χ1) is 6.82. The van der Waals surface area contributed by atoms with Gasteiger partial charge in [0, 0.05) is 17.9 Å². The van der Waals surface area contributed by atoms with Gasteiger partial charge in [0.25, 0.3) is 5.92 Å². The molecule has 1 nitrogen and oxygen atoms in total. The Morgan fingerprint density at radius 2 is 1.87 bits per heavy atom. The Balaban J connectivity index is 2.32. The molecule has 0 unspecified atom stereocenters. The first kappa shape index (κ1) is 10.8. The van der Waals surface area contributed by atoms with Crippen molar-refractivity contribution in [3.8, 4) is 0 Å². The van der Waals surface area contributed by atoms with Gasteiger partial charge in [0.05, 0.1) is 5.54 Å². The molecular weight excluding hydrogens is 227 g/mol. The van der Waals surface area contributed by atoms with Crippen LogP contribution in [-0.4, -0.2) is 5.92 Å². The van der Waals surface area contributed by atoms with Crippen LogP contribution in [0, 0.1) is 5.82 Å². The molecule has 0 aliphatic heterocycles. The maximum Gasteiger partial charge on any atom is 0.252 e. The highest BCUT2D eigenvalue weighted by atomic mass is 35.5. The predicted molar refractivity (Wildman–Crippen MR) is 51.5 cm³/mol. The Morgan fingerprint density at radius 1 is 1.27 bits per heavy atom. The van der Waals surface area contributed by atoms with Crippen molar-refractivity contribution in [1.29, 1.82) is 0 Å². The molecule has 0 spiro atoms. The second-order valence-electron chi connectivity index (χ2n) is 3.99. The van der Waals surface area contributed by atoms with E-state index in [0.717, 1.165) is 6.07 Å². The summed E-state index contributed by atoms with van der Waals surface area (Å²) in [6, 6.07) is 3.63. The smallest absolute Gasteiger partial charge is 0.252 e. The lowest BCUT2D eigenvalue weighted by Gasteiger charge is -2.45. The van der Waals surface area contributed by atoms with E-state index in [1.165, 1.54) is 12.1 Å². The summed E-state index contributed by atoms with van der Waals surface area (Å²) in [5, 5.41) is 0.105. The van der Waals surface area contributed by atoms with Crippen LogP contribution in [0.2, 0.25) is 5.02 Å². The molecule has 2 rings (SSSR count). The van der Waals surface area contributed by atoms with E-state index >= 15 is 0 Å². The summed E-state index contributed by atoms with van der Waals surface area (Å²) in [6.45, 7) is 0. The topological polar surface area (TPSA) is 26.0 Å². The van der Waals surface area contributed by atoms with Crippen molar-refractivity contribution in [2.24, 2.45) is 5.73 Å². The SMILES string of the molecule is NC1(c2ccc(F)cc2Cl)CC(F)(F)C1. The quantitative estimate of drug-likeness (QED) is 0.796. The summed E-state index contributed by atoms with van der Waals surface area (Å²) in [7, 11) is 0. The van der Waals surface area contributed by atoms with Gasteiger partial charge in [0.15, 0.2) is 0 Å². The molecule has 5 heteroatoms. The molecule has 2 N–H and O–H groups in total. The lowest BCUT2D eigenvalue weighted by molar-refractivity contribution is -0.125. The van der Waals surface area contributed by atoms with Crippen molar-refractivity contribution < 1.29 is 13.2 Å². The molecular formula is C10H9ClF3N.